The summed E-state index contributed by atoms with van der Waals surface area (Å²) in [4.78, 5) is 27.5. The van der Waals surface area contributed by atoms with Gasteiger partial charge in [0.25, 0.3) is 0 Å². The predicted octanol–water partition coefficient (Wildman–Crippen LogP) is 1.73. The summed E-state index contributed by atoms with van der Waals surface area (Å²) in [6, 6.07) is 0. The highest BCUT2D eigenvalue weighted by Crippen LogP contribution is 2.17. The number of halogens is 1. The van der Waals surface area contributed by atoms with E-state index in [2.05, 4.69) is 15.9 Å². The lowest BCUT2D eigenvalue weighted by Gasteiger charge is -2.36. The van der Waals surface area contributed by atoms with Crippen LogP contribution in [0.5, 0.6) is 0 Å². The zero-order valence-corrected chi connectivity index (χ0v) is 13.2. The Morgan fingerprint density at radius 3 is 1.61 bits per heavy atom. The van der Waals surface area contributed by atoms with Gasteiger partial charge in [0.15, 0.2) is 0 Å². The highest BCUT2D eigenvalue weighted by molar-refractivity contribution is 9.10. The molecular formula is C13H23BrN2O2. The molecule has 1 fully saturated rings. The van der Waals surface area contributed by atoms with Crippen LogP contribution in [-0.2, 0) is 9.59 Å². The fraction of sp³-hybridized carbons (Fsp3) is 0.846. The largest absolute Gasteiger partial charge is 0.339 e. The van der Waals surface area contributed by atoms with E-state index in [1.807, 2.05) is 37.5 Å². The molecule has 0 bridgehead atoms. The molecule has 0 saturated carbocycles. The van der Waals surface area contributed by atoms with Gasteiger partial charge in [-0.1, -0.05) is 43.6 Å². The molecule has 0 radical (unpaired) electrons. The first-order valence-corrected chi connectivity index (χ1v) is 7.47. The minimum Gasteiger partial charge on any atom is -0.339 e. The molecule has 0 aliphatic carbocycles. The number of hydrogen-bond acceptors (Lipinski definition) is 2. The van der Waals surface area contributed by atoms with E-state index in [1.54, 1.807) is 0 Å². The highest BCUT2D eigenvalue weighted by atomic mass is 79.9. The first kappa shape index (κ1) is 15.5. The van der Waals surface area contributed by atoms with Gasteiger partial charge in [-0.25, -0.2) is 0 Å². The number of nitrogens with zero attached hydrogens (tertiary/aromatic N) is 2. The normalized spacial score (nSPS) is 18.4. The minimum atomic E-state index is -0.121. The molecule has 1 saturated heterocycles. The second-order valence-electron chi connectivity index (χ2n) is 5.45. The molecule has 5 heteroatoms. The van der Waals surface area contributed by atoms with Crippen molar-refractivity contribution in [3.05, 3.63) is 0 Å². The first-order valence-electron chi connectivity index (χ1n) is 6.56. The van der Waals surface area contributed by atoms with Gasteiger partial charge in [0.1, 0.15) is 0 Å². The van der Waals surface area contributed by atoms with E-state index < -0.39 is 0 Å². The Morgan fingerprint density at radius 2 is 1.28 bits per heavy atom. The van der Waals surface area contributed by atoms with Crippen LogP contribution in [0.3, 0.4) is 0 Å². The van der Waals surface area contributed by atoms with Crippen LogP contribution in [0.1, 0.15) is 27.7 Å². The van der Waals surface area contributed by atoms with Crippen LogP contribution >= 0.6 is 15.9 Å². The Hall–Kier alpha value is -0.580. The van der Waals surface area contributed by atoms with E-state index >= 15 is 0 Å². The van der Waals surface area contributed by atoms with Gasteiger partial charge in [-0.3, -0.25) is 9.59 Å². The van der Waals surface area contributed by atoms with Crippen molar-refractivity contribution in [2.24, 2.45) is 11.8 Å². The molecule has 0 aromatic carbocycles. The molecule has 0 aromatic rings. The second kappa shape index (κ2) is 6.55. The van der Waals surface area contributed by atoms with Crippen LogP contribution in [0, 0.1) is 11.8 Å². The molecule has 0 aromatic heterocycles. The lowest BCUT2D eigenvalue weighted by molar-refractivity contribution is -0.141. The van der Waals surface area contributed by atoms with Crippen molar-refractivity contribution < 1.29 is 9.59 Å². The molecule has 2 amide bonds. The Balaban J connectivity index is 2.49. The van der Waals surface area contributed by atoms with Gasteiger partial charge in [-0.2, -0.15) is 0 Å². The molecule has 1 unspecified atom stereocenters. The van der Waals surface area contributed by atoms with Gasteiger partial charge in [0, 0.05) is 32.1 Å². The maximum atomic E-state index is 12.1. The van der Waals surface area contributed by atoms with Crippen molar-refractivity contribution in [1.82, 2.24) is 9.80 Å². The fourth-order valence-corrected chi connectivity index (χ4v) is 2.26. The van der Waals surface area contributed by atoms with Crippen molar-refractivity contribution in [3.8, 4) is 0 Å². The average molecular weight is 319 g/mol. The number of hydrogen-bond donors (Lipinski definition) is 0. The predicted molar refractivity (Wildman–Crippen MR) is 75.6 cm³/mol. The zero-order valence-electron chi connectivity index (χ0n) is 11.6. The van der Waals surface area contributed by atoms with Crippen molar-refractivity contribution >= 4 is 27.7 Å². The van der Waals surface area contributed by atoms with Crippen molar-refractivity contribution in [2.75, 3.05) is 26.2 Å². The molecule has 0 spiro atoms. The molecular weight excluding hydrogens is 296 g/mol. The third-order valence-electron chi connectivity index (χ3n) is 3.22. The standard InChI is InChI=1S/C13H23BrN2O2/c1-9(2)11(14)13(18)16-7-5-15(6-8-16)12(17)10(3)4/h9-11H,5-8H2,1-4H3. The zero-order chi connectivity index (χ0) is 13.9. The van der Waals surface area contributed by atoms with Crippen LogP contribution in [0.2, 0.25) is 0 Å². The van der Waals surface area contributed by atoms with Gasteiger partial charge in [0.05, 0.1) is 4.83 Å². The monoisotopic (exact) mass is 318 g/mol. The Bertz CT molecular complexity index is 310. The van der Waals surface area contributed by atoms with Crippen LogP contribution < -0.4 is 0 Å². The highest BCUT2D eigenvalue weighted by Gasteiger charge is 2.29. The summed E-state index contributed by atoms with van der Waals surface area (Å²) in [7, 11) is 0. The summed E-state index contributed by atoms with van der Waals surface area (Å²) in [6.07, 6.45) is 0. The molecule has 18 heavy (non-hydrogen) atoms. The van der Waals surface area contributed by atoms with Crippen molar-refractivity contribution in [3.63, 3.8) is 0 Å². The van der Waals surface area contributed by atoms with Crippen LogP contribution in [0.4, 0.5) is 0 Å². The lowest BCUT2D eigenvalue weighted by Crippen LogP contribution is -2.53. The Labute approximate surface area is 118 Å². The van der Waals surface area contributed by atoms with Gasteiger partial charge in [-0.15, -0.1) is 0 Å². The number of rotatable bonds is 3. The number of carbonyl (C=O) groups is 2. The Morgan fingerprint density at radius 1 is 0.889 bits per heavy atom. The maximum Gasteiger partial charge on any atom is 0.236 e. The third kappa shape index (κ3) is 3.70. The lowest BCUT2D eigenvalue weighted by atomic mass is 10.1. The minimum absolute atomic E-state index is 0.0341. The first-order chi connectivity index (χ1) is 8.34. The summed E-state index contributed by atoms with van der Waals surface area (Å²) < 4.78 is 0. The molecule has 1 rings (SSSR count). The topological polar surface area (TPSA) is 40.6 Å². The van der Waals surface area contributed by atoms with Crippen LogP contribution in [0.25, 0.3) is 0 Å². The summed E-state index contributed by atoms with van der Waals surface area (Å²) >= 11 is 3.44. The van der Waals surface area contributed by atoms with Crippen LogP contribution in [0.15, 0.2) is 0 Å². The van der Waals surface area contributed by atoms with Crippen LogP contribution in [-0.4, -0.2) is 52.6 Å². The SMILES string of the molecule is CC(C)C(=O)N1CCN(C(=O)C(Br)C(C)C)CC1. The van der Waals surface area contributed by atoms with E-state index in [1.165, 1.54) is 0 Å². The molecule has 1 heterocycles. The van der Waals surface area contributed by atoms with Crippen molar-refractivity contribution in [2.45, 2.75) is 32.5 Å². The van der Waals surface area contributed by atoms with Gasteiger partial charge >= 0.3 is 0 Å². The molecule has 1 aliphatic rings. The molecule has 0 N–H and O–H groups in total. The number of amides is 2. The maximum absolute atomic E-state index is 12.1. The van der Waals surface area contributed by atoms with Gasteiger partial charge in [-0.05, 0) is 5.92 Å². The van der Waals surface area contributed by atoms with E-state index in [4.69, 9.17) is 0 Å². The molecule has 1 aliphatic heterocycles. The average Bonchev–Trinajstić information content (AvgIpc) is 2.36. The smallest absolute Gasteiger partial charge is 0.236 e. The van der Waals surface area contributed by atoms with E-state index in [9.17, 15) is 9.59 Å². The second-order valence-corrected chi connectivity index (χ2v) is 6.44. The molecule has 104 valence electrons. The quantitative estimate of drug-likeness (QED) is 0.744. The summed E-state index contributed by atoms with van der Waals surface area (Å²) in [6.45, 7) is 10.5. The van der Waals surface area contributed by atoms with E-state index in [0.717, 1.165) is 0 Å². The van der Waals surface area contributed by atoms with E-state index in [-0.39, 0.29) is 28.5 Å². The summed E-state index contributed by atoms with van der Waals surface area (Å²) in [5, 5.41) is 0. The fourth-order valence-electron chi connectivity index (χ4n) is 1.97. The molecule has 4 nitrogen and oxygen atoms in total. The summed E-state index contributed by atoms with van der Waals surface area (Å²) in [5.41, 5.74) is 0. The van der Waals surface area contributed by atoms with E-state index in [0.29, 0.717) is 26.2 Å². The Kier molecular flexibility index (Phi) is 5.63. The number of carbonyl (C=O) groups excluding carboxylic acids is 2. The van der Waals surface area contributed by atoms with Crippen molar-refractivity contribution in [1.29, 1.82) is 0 Å². The third-order valence-corrected chi connectivity index (χ3v) is 4.67. The van der Waals surface area contributed by atoms with Gasteiger partial charge < -0.3 is 9.80 Å². The number of piperazine rings is 1. The number of alkyl halides is 1. The molecule has 1 atom stereocenters. The summed E-state index contributed by atoms with van der Waals surface area (Å²) in [5.74, 6) is 0.641. The van der Waals surface area contributed by atoms with Gasteiger partial charge in [0.2, 0.25) is 11.8 Å².